The predicted molar refractivity (Wildman–Crippen MR) is 91.9 cm³/mol. The van der Waals surface area contributed by atoms with E-state index in [1.165, 1.54) is 44.2 Å². The normalized spacial score (nSPS) is 33.5. The largest absolute Gasteiger partial charge is 0.545 e. The highest BCUT2D eigenvalue weighted by Gasteiger charge is 2.49. The first-order valence-corrected chi connectivity index (χ1v) is 9.73. The SMILES string of the molecule is CC(C)C(Oc1cc(C(=O)[O-])ccc1F)OC1C2CC3CC(C2)CC1C3. The topological polar surface area (TPSA) is 58.6 Å². The van der Waals surface area contributed by atoms with Crippen molar-refractivity contribution in [2.75, 3.05) is 0 Å². The van der Waals surface area contributed by atoms with E-state index in [0.717, 1.165) is 17.9 Å². The van der Waals surface area contributed by atoms with Crippen molar-refractivity contribution in [2.45, 2.75) is 58.3 Å². The van der Waals surface area contributed by atoms with Gasteiger partial charge in [0.25, 0.3) is 0 Å². The highest BCUT2D eigenvalue weighted by Crippen LogP contribution is 2.55. The average Bonchev–Trinajstić information content (AvgIpc) is 2.57. The number of aromatic carboxylic acids is 1. The Hall–Kier alpha value is -1.62. The molecule has 0 spiro atoms. The van der Waals surface area contributed by atoms with E-state index in [1.807, 2.05) is 13.8 Å². The molecule has 4 nitrogen and oxygen atoms in total. The second-order valence-electron chi connectivity index (χ2n) is 8.69. The molecule has 0 aromatic heterocycles. The van der Waals surface area contributed by atoms with Crippen LogP contribution >= 0.6 is 0 Å². The lowest BCUT2D eigenvalue weighted by atomic mass is 9.55. The number of carbonyl (C=O) groups is 1. The Labute approximate surface area is 153 Å². The lowest BCUT2D eigenvalue weighted by Gasteiger charge is -2.54. The summed E-state index contributed by atoms with van der Waals surface area (Å²) in [4.78, 5) is 11.0. The molecule has 0 N–H and O–H groups in total. The third-order valence-corrected chi connectivity index (χ3v) is 6.39. The molecule has 4 aliphatic carbocycles. The van der Waals surface area contributed by atoms with Crippen molar-refractivity contribution in [1.29, 1.82) is 0 Å². The molecule has 0 heterocycles. The summed E-state index contributed by atoms with van der Waals surface area (Å²) in [7, 11) is 0. The number of halogens is 1. The highest BCUT2D eigenvalue weighted by atomic mass is 19.1. The minimum absolute atomic E-state index is 0.0261. The number of ether oxygens (including phenoxy) is 2. The van der Waals surface area contributed by atoms with Crippen LogP contribution in [-0.4, -0.2) is 18.4 Å². The van der Waals surface area contributed by atoms with Gasteiger partial charge in [-0.15, -0.1) is 0 Å². The molecule has 1 unspecified atom stereocenters. The summed E-state index contributed by atoms with van der Waals surface area (Å²) in [6.45, 7) is 3.95. The molecular weight excluding hydrogens is 335 g/mol. The first-order valence-electron chi connectivity index (χ1n) is 9.73. The minimum Gasteiger partial charge on any atom is -0.545 e. The van der Waals surface area contributed by atoms with E-state index in [0.29, 0.717) is 11.8 Å². The summed E-state index contributed by atoms with van der Waals surface area (Å²) >= 11 is 0. The van der Waals surface area contributed by atoms with E-state index in [-0.39, 0.29) is 23.3 Å². The molecule has 5 rings (SSSR count). The minimum atomic E-state index is -1.35. The average molecular weight is 361 g/mol. The van der Waals surface area contributed by atoms with Crippen molar-refractivity contribution in [2.24, 2.45) is 29.6 Å². The van der Waals surface area contributed by atoms with Crippen molar-refractivity contribution in [3.63, 3.8) is 0 Å². The summed E-state index contributed by atoms with van der Waals surface area (Å²) in [6, 6.07) is 3.46. The second kappa shape index (κ2) is 6.84. The number of carbonyl (C=O) groups excluding carboxylic acids is 1. The summed E-state index contributed by atoms with van der Waals surface area (Å²) in [6.07, 6.45) is 5.89. The number of rotatable bonds is 6. The van der Waals surface area contributed by atoms with Crippen LogP contribution in [0.5, 0.6) is 5.75 Å². The van der Waals surface area contributed by atoms with Gasteiger partial charge in [0.2, 0.25) is 6.29 Å². The molecular formula is C21H26FO4-. The van der Waals surface area contributed by atoms with Crippen molar-refractivity contribution in [3.05, 3.63) is 29.6 Å². The van der Waals surface area contributed by atoms with Crippen molar-refractivity contribution in [3.8, 4) is 5.75 Å². The van der Waals surface area contributed by atoms with E-state index in [4.69, 9.17) is 9.47 Å². The molecule has 0 amide bonds. The van der Waals surface area contributed by atoms with Gasteiger partial charge in [-0.05, 0) is 74.0 Å². The quantitative estimate of drug-likeness (QED) is 0.729. The fourth-order valence-electron chi connectivity index (χ4n) is 5.42. The molecule has 4 bridgehead atoms. The molecule has 1 aromatic carbocycles. The van der Waals surface area contributed by atoms with E-state index in [1.54, 1.807) is 0 Å². The number of carboxylic acid groups (broad SMARTS) is 1. The van der Waals surface area contributed by atoms with Gasteiger partial charge in [0.15, 0.2) is 11.6 Å². The molecule has 5 heteroatoms. The van der Waals surface area contributed by atoms with Crippen LogP contribution in [-0.2, 0) is 4.74 Å². The van der Waals surface area contributed by atoms with Gasteiger partial charge in [0.05, 0.1) is 12.1 Å². The summed E-state index contributed by atoms with van der Waals surface area (Å²) in [5.41, 5.74) is -0.0986. The molecule has 4 aliphatic rings. The van der Waals surface area contributed by atoms with Crippen molar-refractivity contribution < 1.29 is 23.8 Å². The number of hydrogen-bond donors (Lipinski definition) is 0. The monoisotopic (exact) mass is 361 g/mol. The third-order valence-electron chi connectivity index (χ3n) is 6.39. The predicted octanol–water partition coefficient (Wildman–Crippen LogP) is 3.39. The number of hydrogen-bond acceptors (Lipinski definition) is 4. The second-order valence-corrected chi connectivity index (χ2v) is 8.69. The smallest absolute Gasteiger partial charge is 0.202 e. The maximum atomic E-state index is 14.1. The van der Waals surface area contributed by atoms with Crippen LogP contribution in [0.3, 0.4) is 0 Å². The Kier molecular flexibility index (Phi) is 4.68. The zero-order chi connectivity index (χ0) is 18.4. The molecule has 1 atom stereocenters. The van der Waals surface area contributed by atoms with Gasteiger partial charge >= 0.3 is 0 Å². The summed E-state index contributed by atoms with van der Waals surface area (Å²) in [5, 5.41) is 11.0. The van der Waals surface area contributed by atoms with E-state index in [9.17, 15) is 14.3 Å². The van der Waals surface area contributed by atoms with Crippen molar-refractivity contribution in [1.82, 2.24) is 0 Å². The fraction of sp³-hybridized carbons (Fsp3) is 0.667. The summed E-state index contributed by atoms with van der Waals surface area (Å²) in [5.74, 6) is 0.867. The number of benzene rings is 1. The van der Waals surface area contributed by atoms with E-state index in [2.05, 4.69) is 0 Å². The molecule has 0 radical (unpaired) electrons. The maximum Gasteiger partial charge on any atom is 0.202 e. The fourth-order valence-corrected chi connectivity index (χ4v) is 5.42. The van der Waals surface area contributed by atoms with Crippen LogP contribution in [0.1, 0.15) is 56.3 Å². The molecule has 1 aromatic rings. The first kappa shape index (κ1) is 17.8. The lowest BCUT2D eigenvalue weighted by molar-refractivity contribution is -0.255. The summed E-state index contributed by atoms with van der Waals surface area (Å²) < 4.78 is 26.3. The maximum absolute atomic E-state index is 14.1. The van der Waals surface area contributed by atoms with Crippen LogP contribution in [0.4, 0.5) is 4.39 Å². The van der Waals surface area contributed by atoms with Gasteiger partial charge in [-0.25, -0.2) is 4.39 Å². The zero-order valence-electron chi connectivity index (χ0n) is 15.3. The van der Waals surface area contributed by atoms with Gasteiger partial charge < -0.3 is 19.4 Å². The molecule has 0 aliphatic heterocycles. The van der Waals surface area contributed by atoms with Gasteiger partial charge in [0, 0.05) is 11.5 Å². The first-order chi connectivity index (χ1) is 12.4. The van der Waals surface area contributed by atoms with Gasteiger partial charge in [0.1, 0.15) is 0 Å². The van der Waals surface area contributed by atoms with Gasteiger partial charge in [-0.2, -0.15) is 0 Å². The van der Waals surface area contributed by atoms with Crippen LogP contribution < -0.4 is 9.84 Å². The Morgan fingerprint density at radius 3 is 2.27 bits per heavy atom. The third kappa shape index (κ3) is 3.34. The van der Waals surface area contributed by atoms with Gasteiger partial charge in [-0.3, -0.25) is 0 Å². The van der Waals surface area contributed by atoms with Gasteiger partial charge in [-0.1, -0.05) is 13.8 Å². The molecule has 26 heavy (non-hydrogen) atoms. The van der Waals surface area contributed by atoms with Crippen molar-refractivity contribution >= 4 is 5.97 Å². The molecule has 4 fully saturated rings. The Bertz CT molecular complexity index is 659. The van der Waals surface area contributed by atoms with E-state index < -0.39 is 18.1 Å². The molecule has 4 saturated carbocycles. The molecule has 0 saturated heterocycles. The number of carboxylic acids is 1. The zero-order valence-corrected chi connectivity index (χ0v) is 15.3. The Balaban J connectivity index is 1.50. The van der Waals surface area contributed by atoms with Crippen LogP contribution in [0, 0.1) is 35.4 Å². The Morgan fingerprint density at radius 2 is 1.73 bits per heavy atom. The van der Waals surface area contributed by atoms with Crippen LogP contribution in [0.25, 0.3) is 0 Å². The lowest BCUT2D eigenvalue weighted by Crippen LogP contribution is -2.51. The molecule has 142 valence electrons. The van der Waals surface area contributed by atoms with Crippen LogP contribution in [0.2, 0.25) is 0 Å². The van der Waals surface area contributed by atoms with E-state index >= 15 is 0 Å². The Morgan fingerprint density at radius 1 is 1.12 bits per heavy atom. The highest BCUT2D eigenvalue weighted by molar-refractivity contribution is 5.86. The standard InChI is InChI=1S/C21H27FO4/c1-11(2)21(25-18-10-14(20(23)24)3-4-17(18)22)26-19-15-6-12-5-13(8-15)9-16(19)7-12/h3-4,10-13,15-16,19,21H,5-9H2,1-2H3,(H,23,24)/p-1. The van der Waals surface area contributed by atoms with Crippen LogP contribution in [0.15, 0.2) is 18.2 Å².